The highest BCUT2D eigenvalue weighted by Gasteiger charge is 2.08. The van der Waals surface area contributed by atoms with Crippen molar-refractivity contribution in [2.45, 2.75) is 6.42 Å². The van der Waals surface area contributed by atoms with Crippen molar-refractivity contribution in [2.24, 2.45) is 0 Å². The van der Waals surface area contributed by atoms with E-state index in [2.05, 4.69) is 30.6 Å². The number of aromatic nitrogens is 6. The molecule has 0 aliphatic heterocycles. The number of nitrogens with one attached hydrogen (secondary N) is 2. The molecular weight excluding hydrogens is 511 g/mol. The number of halogens is 1. The minimum absolute atomic E-state index is 0.230. The van der Waals surface area contributed by atoms with Gasteiger partial charge in [-0.2, -0.15) is 9.97 Å². The van der Waals surface area contributed by atoms with E-state index in [-0.39, 0.29) is 12.4 Å². The van der Waals surface area contributed by atoms with Gasteiger partial charge in [-0.3, -0.25) is 13.2 Å². The lowest BCUT2D eigenvalue weighted by Crippen LogP contribution is -1.97. The van der Waals surface area contributed by atoms with Gasteiger partial charge in [-0.25, -0.2) is 9.97 Å². The van der Waals surface area contributed by atoms with Gasteiger partial charge in [0.1, 0.15) is 23.1 Å². The normalized spacial score (nSPS) is 10.8. The zero-order valence-electron chi connectivity index (χ0n) is 22.1. The van der Waals surface area contributed by atoms with Crippen molar-refractivity contribution in [3.05, 3.63) is 85.5 Å². The minimum Gasteiger partial charge on any atom is -0.508 e. The van der Waals surface area contributed by atoms with Crippen LogP contribution in [0.4, 0.5) is 16.0 Å². The number of rotatable bonds is 8. The van der Waals surface area contributed by atoms with E-state index in [9.17, 15) is 9.50 Å². The molecule has 0 radical (unpaired) electrons. The Bertz CT molecular complexity index is 1720. The predicted octanol–water partition coefficient (Wildman–Crippen LogP) is 5.32. The van der Waals surface area contributed by atoms with Crippen molar-refractivity contribution >= 4 is 23.2 Å². The van der Waals surface area contributed by atoms with Crippen molar-refractivity contribution in [3.63, 3.8) is 0 Å². The molecule has 3 N–H and O–H groups in total. The summed E-state index contributed by atoms with van der Waals surface area (Å²) >= 11 is 0. The number of ether oxygens (including phenoxy) is 1. The molecule has 0 fully saturated rings. The summed E-state index contributed by atoms with van der Waals surface area (Å²) in [5.41, 5.74) is 3.48. The lowest BCUT2D eigenvalue weighted by molar-refractivity contribution is 0.289. The van der Waals surface area contributed by atoms with Crippen molar-refractivity contribution in [1.29, 1.82) is 0 Å². The van der Waals surface area contributed by atoms with Crippen molar-refractivity contribution in [2.75, 3.05) is 38.0 Å². The lowest BCUT2D eigenvalue weighted by Gasteiger charge is -2.04. The molecule has 0 bridgehead atoms. The molecule has 40 heavy (non-hydrogen) atoms. The molecule has 4 heterocycles. The SMILES string of the molecule is CNc1ccn2cc(-c3ccc(OCCCF)cc3)nc2n1.CNc1ccn2cc(-c3cccc(O)c3)nc2n1. The fourth-order valence-corrected chi connectivity index (χ4v) is 3.93. The Morgan fingerprint density at radius 1 is 0.775 bits per heavy atom. The second-order valence-electron chi connectivity index (χ2n) is 8.76. The van der Waals surface area contributed by atoms with Gasteiger partial charge in [0.15, 0.2) is 0 Å². The number of phenols is 1. The average molecular weight is 541 g/mol. The second kappa shape index (κ2) is 12.1. The Labute approximate surface area is 230 Å². The molecule has 11 heteroatoms. The Morgan fingerprint density at radius 2 is 1.38 bits per heavy atom. The highest BCUT2D eigenvalue weighted by atomic mass is 19.1. The minimum atomic E-state index is -0.360. The highest BCUT2D eigenvalue weighted by Crippen LogP contribution is 2.24. The molecule has 4 aromatic heterocycles. The summed E-state index contributed by atoms with van der Waals surface area (Å²) < 4.78 is 21.2. The topological polar surface area (TPSA) is 114 Å². The van der Waals surface area contributed by atoms with Gasteiger partial charge in [0.25, 0.3) is 0 Å². The van der Waals surface area contributed by atoms with Crippen LogP contribution in [0.2, 0.25) is 0 Å². The Hall–Kier alpha value is -5.19. The van der Waals surface area contributed by atoms with Crippen LogP contribution in [0.25, 0.3) is 34.1 Å². The molecule has 0 unspecified atom stereocenters. The van der Waals surface area contributed by atoms with Crippen LogP contribution in [-0.2, 0) is 0 Å². The molecule has 0 aliphatic rings. The molecule has 0 atom stereocenters. The molecule has 6 rings (SSSR count). The predicted molar refractivity (Wildman–Crippen MR) is 154 cm³/mol. The van der Waals surface area contributed by atoms with Crippen molar-refractivity contribution in [3.8, 4) is 34.0 Å². The standard InChI is InChI=1S/C16H17FN4O.C13H12N4O/c1-18-15-7-9-21-11-14(19-16(21)20-15)12-3-5-13(6-4-12)22-10-2-8-17;1-14-12-5-6-17-8-11(15-13(17)16-12)9-3-2-4-10(18)7-9/h3-7,9,11H,2,8,10H2,1H3,(H,18,19,20);2-8,18H,1H3,(H,14,15,16). The van der Waals surface area contributed by atoms with Crippen LogP contribution < -0.4 is 15.4 Å². The van der Waals surface area contributed by atoms with Gasteiger partial charge >= 0.3 is 0 Å². The van der Waals surface area contributed by atoms with E-state index in [1.54, 1.807) is 18.2 Å². The van der Waals surface area contributed by atoms with E-state index in [1.807, 2.05) is 90.1 Å². The first-order valence-corrected chi connectivity index (χ1v) is 12.7. The summed E-state index contributed by atoms with van der Waals surface area (Å²) in [6, 6.07) is 18.4. The number of imidazole rings is 2. The van der Waals surface area contributed by atoms with Crippen LogP contribution in [0.5, 0.6) is 11.5 Å². The summed E-state index contributed by atoms with van der Waals surface area (Å²) in [5.74, 6) is 3.78. The van der Waals surface area contributed by atoms with Crippen molar-refractivity contribution < 1.29 is 14.2 Å². The number of anilines is 2. The lowest BCUT2D eigenvalue weighted by atomic mass is 10.2. The molecule has 2 aromatic carbocycles. The largest absolute Gasteiger partial charge is 0.508 e. The summed E-state index contributed by atoms with van der Waals surface area (Å²) in [6.45, 7) is 0.0296. The number of nitrogens with zero attached hydrogens (tertiary/aromatic N) is 6. The van der Waals surface area contributed by atoms with Crippen LogP contribution in [0, 0.1) is 0 Å². The van der Waals surface area contributed by atoms with Gasteiger partial charge in [0.05, 0.1) is 24.7 Å². The van der Waals surface area contributed by atoms with E-state index >= 15 is 0 Å². The van der Waals surface area contributed by atoms with E-state index in [0.717, 1.165) is 39.9 Å². The van der Waals surface area contributed by atoms with Crippen LogP contribution in [0.1, 0.15) is 6.42 Å². The summed E-state index contributed by atoms with van der Waals surface area (Å²) in [4.78, 5) is 17.7. The van der Waals surface area contributed by atoms with Gasteiger partial charge in [-0.05, 0) is 48.5 Å². The summed E-state index contributed by atoms with van der Waals surface area (Å²) in [6.07, 6.45) is 8.04. The van der Waals surface area contributed by atoms with Crippen LogP contribution in [0.15, 0.2) is 85.5 Å². The first-order valence-electron chi connectivity index (χ1n) is 12.7. The van der Waals surface area contributed by atoms with Gasteiger partial charge in [-0.1, -0.05) is 12.1 Å². The number of benzene rings is 2. The number of phenolic OH excluding ortho intramolecular Hbond substituents is 1. The Kier molecular flexibility index (Phi) is 8.00. The zero-order chi connectivity index (χ0) is 27.9. The molecule has 0 spiro atoms. The number of alkyl halides is 1. The first kappa shape index (κ1) is 26.4. The average Bonchev–Trinajstić information content (AvgIpc) is 3.61. The van der Waals surface area contributed by atoms with Crippen molar-refractivity contribution in [1.82, 2.24) is 28.7 Å². The molecule has 6 aromatic rings. The van der Waals surface area contributed by atoms with Gasteiger partial charge in [-0.15, -0.1) is 0 Å². The molecule has 0 amide bonds. The monoisotopic (exact) mass is 540 g/mol. The summed E-state index contributed by atoms with van der Waals surface area (Å²) in [7, 11) is 3.64. The zero-order valence-corrected chi connectivity index (χ0v) is 22.1. The molecule has 0 saturated carbocycles. The van der Waals surface area contributed by atoms with E-state index in [4.69, 9.17) is 4.74 Å². The van der Waals surface area contributed by atoms with Gasteiger partial charge in [0, 0.05) is 56.4 Å². The summed E-state index contributed by atoms with van der Waals surface area (Å²) in [5, 5.41) is 15.4. The Morgan fingerprint density at radius 3 is 1.93 bits per heavy atom. The van der Waals surface area contributed by atoms with Gasteiger partial charge in [0.2, 0.25) is 11.6 Å². The number of fused-ring (bicyclic) bond motifs is 2. The molecule has 0 saturated heterocycles. The molecule has 204 valence electrons. The highest BCUT2D eigenvalue weighted by molar-refractivity contribution is 5.64. The quantitative estimate of drug-likeness (QED) is 0.222. The van der Waals surface area contributed by atoms with E-state index in [1.165, 1.54) is 0 Å². The second-order valence-corrected chi connectivity index (χ2v) is 8.76. The fourth-order valence-electron chi connectivity index (χ4n) is 3.93. The van der Waals surface area contributed by atoms with Crippen LogP contribution in [-0.4, -0.2) is 61.2 Å². The maximum atomic E-state index is 12.0. The third kappa shape index (κ3) is 6.09. The van der Waals surface area contributed by atoms with E-state index in [0.29, 0.717) is 24.6 Å². The first-order chi connectivity index (χ1) is 19.6. The van der Waals surface area contributed by atoms with Crippen LogP contribution in [0.3, 0.4) is 0 Å². The maximum absolute atomic E-state index is 12.0. The van der Waals surface area contributed by atoms with Crippen LogP contribution >= 0.6 is 0 Å². The smallest absolute Gasteiger partial charge is 0.236 e. The number of hydrogen-bond donors (Lipinski definition) is 3. The third-order valence-electron chi connectivity index (χ3n) is 6.00. The number of hydrogen-bond acceptors (Lipinski definition) is 8. The fraction of sp³-hybridized carbons (Fsp3) is 0.172. The maximum Gasteiger partial charge on any atom is 0.236 e. The molecular formula is C29H29FN8O2. The van der Waals surface area contributed by atoms with Gasteiger partial charge < -0.3 is 20.5 Å². The number of aromatic hydroxyl groups is 1. The molecule has 10 nitrogen and oxygen atoms in total. The third-order valence-corrected chi connectivity index (χ3v) is 6.00. The Balaban J connectivity index is 0.000000164. The van der Waals surface area contributed by atoms with E-state index < -0.39 is 0 Å². The molecule has 0 aliphatic carbocycles.